The first-order valence-electron chi connectivity index (χ1n) is 7.07. The molecule has 0 fully saturated rings. The zero-order valence-corrected chi connectivity index (χ0v) is 13.1. The molecule has 116 valence electrons. The second kappa shape index (κ2) is 7.11. The molecule has 3 N–H and O–H groups in total. The van der Waals surface area contributed by atoms with Crippen molar-refractivity contribution in [3.63, 3.8) is 0 Å². The van der Waals surface area contributed by atoms with Crippen LogP contribution in [0.1, 0.15) is 43.6 Å². The van der Waals surface area contributed by atoms with Crippen LogP contribution in [0.4, 0.5) is 4.79 Å². The number of nitrogens with one attached hydrogen (secondary N) is 2. The molecule has 0 aliphatic rings. The third kappa shape index (κ3) is 5.85. The van der Waals surface area contributed by atoms with Gasteiger partial charge >= 0.3 is 12.0 Å². The summed E-state index contributed by atoms with van der Waals surface area (Å²) in [5.41, 5.74) is 1.16. The first-order chi connectivity index (χ1) is 9.70. The minimum atomic E-state index is -0.943. The lowest BCUT2D eigenvalue weighted by Gasteiger charge is -2.28. The Balaban J connectivity index is 2.42. The summed E-state index contributed by atoms with van der Waals surface area (Å²) in [7, 11) is 0. The number of carboxylic acids is 1. The number of rotatable bonds is 5. The zero-order chi connectivity index (χ0) is 16.0. The lowest BCUT2D eigenvalue weighted by Crippen LogP contribution is -2.46. The Bertz CT molecular complexity index is 506. The third-order valence-corrected chi connectivity index (χ3v) is 3.52. The lowest BCUT2D eigenvalue weighted by molar-refractivity contribution is 0.0696. The number of amides is 2. The van der Waals surface area contributed by atoms with Gasteiger partial charge in [-0.1, -0.05) is 32.9 Å². The smallest absolute Gasteiger partial charge is 0.335 e. The van der Waals surface area contributed by atoms with Gasteiger partial charge in [-0.2, -0.15) is 0 Å². The van der Waals surface area contributed by atoms with Crippen LogP contribution in [0.15, 0.2) is 24.3 Å². The number of hydrogen-bond donors (Lipinski definition) is 3. The molecule has 1 aromatic rings. The Labute approximate surface area is 125 Å². The Hall–Kier alpha value is -2.04. The maximum absolute atomic E-state index is 11.7. The van der Waals surface area contributed by atoms with E-state index in [-0.39, 0.29) is 23.1 Å². The van der Waals surface area contributed by atoms with Crippen molar-refractivity contribution in [3.8, 4) is 0 Å². The average molecular weight is 292 g/mol. The molecule has 1 atom stereocenters. The molecule has 5 heteroatoms. The topological polar surface area (TPSA) is 78.4 Å². The highest BCUT2D eigenvalue weighted by Gasteiger charge is 2.21. The van der Waals surface area contributed by atoms with Crippen molar-refractivity contribution in [2.45, 2.75) is 40.2 Å². The van der Waals surface area contributed by atoms with E-state index in [1.807, 2.05) is 13.0 Å². The number of carbonyl (C=O) groups excluding carboxylic acids is 1. The predicted molar refractivity (Wildman–Crippen MR) is 82.6 cm³/mol. The van der Waals surface area contributed by atoms with Crippen LogP contribution in [0, 0.1) is 5.41 Å². The molecule has 0 spiro atoms. The van der Waals surface area contributed by atoms with Gasteiger partial charge in [0.2, 0.25) is 0 Å². The van der Waals surface area contributed by atoms with E-state index in [9.17, 15) is 9.59 Å². The van der Waals surface area contributed by atoms with E-state index >= 15 is 0 Å². The molecule has 0 saturated carbocycles. The van der Waals surface area contributed by atoms with E-state index in [0.717, 1.165) is 5.56 Å². The van der Waals surface area contributed by atoms with Crippen LogP contribution in [0.5, 0.6) is 0 Å². The van der Waals surface area contributed by atoms with Gasteiger partial charge in [-0.25, -0.2) is 9.59 Å². The summed E-state index contributed by atoms with van der Waals surface area (Å²) in [5, 5.41) is 14.6. The van der Waals surface area contributed by atoms with Crippen molar-refractivity contribution in [2.75, 3.05) is 6.54 Å². The van der Waals surface area contributed by atoms with Gasteiger partial charge in [0.05, 0.1) is 5.56 Å². The predicted octanol–water partition coefficient (Wildman–Crippen LogP) is 2.66. The van der Waals surface area contributed by atoms with E-state index in [1.54, 1.807) is 18.2 Å². The highest BCUT2D eigenvalue weighted by molar-refractivity contribution is 5.87. The molecule has 21 heavy (non-hydrogen) atoms. The van der Waals surface area contributed by atoms with Gasteiger partial charge in [-0.05, 0) is 36.5 Å². The molecule has 0 aliphatic heterocycles. The van der Waals surface area contributed by atoms with Crippen molar-refractivity contribution in [2.24, 2.45) is 5.41 Å². The van der Waals surface area contributed by atoms with Gasteiger partial charge < -0.3 is 15.7 Å². The van der Waals surface area contributed by atoms with E-state index < -0.39 is 5.97 Å². The van der Waals surface area contributed by atoms with Crippen LogP contribution in [0.25, 0.3) is 0 Å². The van der Waals surface area contributed by atoms with Gasteiger partial charge in [0, 0.05) is 12.6 Å². The Morgan fingerprint density at radius 2 is 1.95 bits per heavy atom. The van der Waals surface area contributed by atoms with Gasteiger partial charge in [-0.15, -0.1) is 0 Å². The minimum absolute atomic E-state index is 0.00710. The number of benzene rings is 1. The fourth-order valence-corrected chi connectivity index (χ4v) is 1.64. The summed E-state index contributed by atoms with van der Waals surface area (Å²) >= 11 is 0. The quantitative estimate of drug-likeness (QED) is 0.780. The number of hydrogen-bond acceptors (Lipinski definition) is 2. The highest BCUT2D eigenvalue weighted by Crippen LogP contribution is 2.18. The van der Waals surface area contributed by atoms with E-state index in [2.05, 4.69) is 31.4 Å². The summed E-state index contributed by atoms with van der Waals surface area (Å²) < 4.78 is 0. The van der Waals surface area contributed by atoms with Crippen molar-refractivity contribution in [1.29, 1.82) is 0 Å². The molecule has 1 aromatic carbocycles. The monoisotopic (exact) mass is 292 g/mol. The van der Waals surface area contributed by atoms with Crippen LogP contribution >= 0.6 is 0 Å². The minimum Gasteiger partial charge on any atom is -0.478 e. The Morgan fingerprint density at radius 1 is 1.29 bits per heavy atom. The molecule has 2 amide bonds. The second-order valence-electron chi connectivity index (χ2n) is 6.24. The summed E-state index contributed by atoms with van der Waals surface area (Å²) in [6.45, 7) is 8.63. The van der Waals surface area contributed by atoms with E-state index in [1.165, 1.54) is 0 Å². The lowest BCUT2D eigenvalue weighted by atomic mass is 9.88. The molecular weight excluding hydrogens is 268 g/mol. The van der Waals surface area contributed by atoms with Crippen LogP contribution < -0.4 is 10.6 Å². The molecule has 0 saturated heterocycles. The van der Waals surface area contributed by atoms with Crippen LogP contribution in [-0.4, -0.2) is 29.7 Å². The summed E-state index contributed by atoms with van der Waals surface area (Å²) in [4.78, 5) is 22.6. The number of carboxylic acid groups (broad SMARTS) is 1. The van der Waals surface area contributed by atoms with Crippen LogP contribution in [0.3, 0.4) is 0 Å². The standard InChI is InChI=1S/C16H24N2O3/c1-11(16(2,3)4)18-15(21)17-9-8-12-6-5-7-13(10-12)14(19)20/h5-7,10-11H,8-9H2,1-4H3,(H,19,20)(H2,17,18,21). The maximum Gasteiger partial charge on any atom is 0.335 e. The first-order valence-corrected chi connectivity index (χ1v) is 7.07. The number of aromatic carboxylic acids is 1. The van der Waals surface area contributed by atoms with Gasteiger partial charge in [-0.3, -0.25) is 0 Å². The Kier molecular flexibility index (Phi) is 5.76. The van der Waals surface area contributed by atoms with E-state index in [0.29, 0.717) is 13.0 Å². The van der Waals surface area contributed by atoms with Crippen molar-refractivity contribution in [1.82, 2.24) is 10.6 Å². The molecule has 0 heterocycles. The average Bonchev–Trinajstić information content (AvgIpc) is 2.37. The molecule has 5 nitrogen and oxygen atoms in total. The second-order valence-corrected chi connectivity index (χ2v) is 6.24. The van der Waals surface area contributed by atoms with Crippen molar-refractivity contribution >= 4 is 12.0 Å². The fraction of sp³-hybridized carbons (Fsp3) is 0.500. The molecule has 0 bridgehead atoms. The SMILES string of the molecule is CC(NC(=O)NCCc1cccc(C(=O)O)c1)C(C)(C)C. The van der Waals surface area contributed by atoms with Crippen molar-refractivity contribution < 1.29 is 14.7 Å². The highest BCUT2D eigenvalue weighted by atomic mass is 16.4. The van der Waals surface area contributed by atoms with Gasteiger partial charge in [0.25, 0.3) is 0 Å². The normalized spacial score (nSPS) is 12.6. The molecule has 0 aliphatic carbocycles. The molecule has 0 radical (unpaired) electrons. The van der Waals surface area contributed by atoms with Crippen LogP contribution in [0.2, 0.25) is 0 Å². The number of carbonyl (C=O) groups is 2. The summed E-state index contributed by atoms with van der Waals surface area (Å²) in [6, 6.07) is 6.60. The summed E-state index contributed by atoms with van der Waals surface area (Å²) in [5.74, 6) is -0.943. The third-order valence-electron chi connectivity index (χ3n) is 3.52. The van der Waals surface area contributed by atoms with E-state index in [4.69, 9.17) is 5.11 Å². The molecule has 1 rings (SSSR count). The summed E-state index contributed by atoms with van der Waals surface area (Å²) in [6.07, 6.45) is 0.596. The first kappa shape index (κ1) is 17.0. The Morgan fingerprint density at radius 3 is 2.52 bits per heavy atom. The molecule has 1 unspecified atom stereocenters. The van der Waals surface area contributed by atoms with Gasteiger partial charge in [0.1, 0.15) is 0 Å². The molecular formula is C16H24N2O3. The zero-order valence-electron chi connectivity index (χ0n) is 13.1. The van der Waals surface area contributed by atoms with Gasteiger partial charge in [0.15, 0.2) is 0 Å². The molecule has 0 aromatic heterocycles. The number of urea groups is 1. The maximum atomic E-state index is 11.7. The fourth-order valence-electron chi connectivity index (χ4n) is 1.64. The van der Waals surface area contributed by atoms with Crippen LogP contribution in [-0.2, 0) is 6.42 Å². The van der Waals surface area contributed by atoms with Crippen molar-refractivity contribution in [3.05, 3.63) is 35.4 Å². The largest absolute Gasteiger partial charge is 0.478 e.